The Morgan fingerprint density at radius 1 is 1.11 bits per heavy atom. The van der Waals surface area contributed by atoms with Crippen LogP contribution in [0.4, 0.5) is 0 Å². The molecule has 2 aromatic heterocycles. The van der Waals surface area contributed by atoms with Crippen LogP contribution in [0.15, 0.2) is 36.5 Å². The maximum Gasteiger partial charge on any atom is 0.0889 e. The maximum absolute atomic E-state index is 4.87. The SMILES string of the molecule is CC1(C)[C@@H]2Cc3nc(-c4ccccn4)ccc3[C@H]1C2. The van der Waals surface area contributed by atoms with Gasteiger partial charge in [-0.1, -0.05) is 26.0 Å². The van der Waals surface area contributed by atoms with Crippen LogP contribution in [0.25, 0.3) is 11.4 Å². The minimum absolute atomic E-state index is 0.473. The fourth-order valence-corrected chi connectivity index (χ4v) is 3.77. The van der Waals surface area contributed by atoms with Crippen molar-refractivity contribution in [3.8, 4) is 11.4 Å². The number of nitrogens with zero attached hydrogens (tertiary/aromatic N) is 2. The number of hydrogen-bond donors (Lipinski definition) is 0. The zero-order chi connectivity index (χ0) is 13.0. The summed E-state index contributed by atoms with van der Waals surface area (Å²) in [5.41, 5.74) is 5.25. The van der Waals surface area contributed by atoms with E-state index in [4.69, 9.17) is 4.98 Å². The molecular weight excluding hydrogens is 232 g/mol. The third-order valence-electron chi connectivity index (χ3n) is 5.22. The van der Waals surface area contributed by atoms with Crippen LogP contribution in [0.3, 0.4) is 0 Å². The van der Waals surface area contributed by atoms with Crippen molar-refractivity contribution < 1.29 is 0 Å². The van der Waals surface area contributed by atoms with E-state index >= 15 is 0 Å². The van der Waals surface area contributed by atoms with E-state index in [0.29, 0.717) is 11.3 Å². The molecule has 3 aliphatic rings. The predicted octanol–water partition coefficient (Wildman–Crippen LogP) is 3.83. The number of rotatable bonds is 1. The molecule has 0 aliphatic heterocycles. The molecule has 19 heavy (non-hydrogen) atoms. The summed E-state index contributed by atoms with van der Waals surface area (Å²) >= 11 is 0. The molecule has 2 bridgehead atoms. The lowest BCUT2D eigenvalue weighted by Crippen LogP contribution is -2.48. The maximum atomic E-state index is 4.87. The Balaban J connectivity index is 1.78. The van der Waals surface area contributed by atoms with Gasteiger partial charge in [0, 0.05) is 11.9 Å². The number of hydrogen-bond acceptors (Lipinski definition) is 2. The summed E-state index contributed by atoms with van der Waals surface area (Å²) in [5.74, 6) is 1.53. The van der Waals surface area contributed by atoms with Crippen molar-refractivity contribution in [1.82, 2.24) is 9.97 Å². The Bertz CT molecular complexity index is 631. The minimum Gasteiger partial charge on any atom is -0.255 e. The van der Waals surface area contributed by atoms with Gasteiger partial charge in [0.15, 0.2) is 0 Å². The quantitative estimate of drug-likeness (QED) is 0.768. The van der Waals surface area contributed by atoms with Gasteiger partial charge in [-0.25, -0.2) is 0 Å². The van der Waals surface area contributed by atoms with E-state index in [2.05, 4.69) is 31.0 Å². The normalized spacial score (nSPS) is 26.4. The molecule has 2 atom stereocenters. The third kappa shape index (κ3) is 1.49. The van der Waals surface area contributed by atoms with Crippen molar-refractivity contribution in [2.24, 2.45) is 11.3 Å². The second kappa shape index (κ2) is 3.66. The highest BCUT2D eigenvalue weighted by Gasteiger charge is 2.52. The molecule has 0 unspecified atom stereocenters. The first kappa shape index (κ1) is 11.2. The van der Waals surface area contributed by atoms with E-state index in [1.54, 1.807) is 0 Å². The molecule has 1 saturated carbocycles. The van der Waals surface area contributed by atoms with Crippen LogP contribution in [0.2, 0.25) is 0 Å². The first-order valence-electron chi connectivity index (χ1n) is 7.07. The lowest BCUT2D eigenvalue weighted by atomic mass is 9.48. The van der Waals surface area contributed by atoms with Crippen LogP contribution < -0.4 is 0 Å². The molecule has 0 N–H and O–H groups in total. The molecule has 2 heterocycles. The molecule has 2 nitrogen and oxygen atoms in total. The van der Waals surface area contributed by atoms with Crippen LogP contribution >= 0.6 is 0 Å². The number of pyridine rings is 2. The van der Waals surface area contributed by atoms with Crippen molar-refractivity contribution in [2.75, 3.05) is 0 Å². The van der Waals surface area contributed by atoms with E-state index in [1.807, 2.05) is 24.4 Å². The highest BCUT2D eigenvalue weighted by atomic mass is 14.8. The number of aromatic nitrogens is 2. The molecule has 3 aliphatic carbocycles. The van der Waals surface area contributed by atoms with Gasteiger partial charge >= 0.3 is 0 Å². The average Bonchev–Trinajstić information content (AvgIpc) is 2.46. The standard InChI is InChI=1S/C17H18N2/c1-17(2)11-9-13(17)12-6-7-15(19-16(12)10-11)14-5-3-4-8-18-14/h3-8,11,13H,9-10H2,1-2H3/t11-,13+/m0/s1. The van der Waals surface area contributed by atoms with Gasteiger partial charge in [0.1, 0.15) is 0 Å². The molecule has 5 rings (SSSR count). The van der Waals surface area contributed by atoms with E-state index in [1.165, 1.54) is 17.7 Å². The van der Waals surface area contributed by atoms with Crippen LogP contribution in [0.5, 0.6) is 0 Å². The predicted molar refractivity (Wildman–Crippen MR) is 75.8 cm³/mol. The Kier molecular flexibility index (Phi) is 2.15. The molecule has 0 amide bonds. The smallest absolute Gasteiger partial charge is 0.0889 e. The zero-order valence-electron chi connectivity index (χ0n) is 11.4. The molecule has 0 aromatic carbocycles. The monoisotopic (exact) mass is 250 g/mol. The lowest BCUT2D eigenvalue weighted by Gasteiger charge is -2.56. The summed E-state index contributed by atoms with van der Waals surface area (Å²) in [5, 5.41) is 0. The molecular formula is C17H18N2. The third-order valence-corrected chi connectivity index (χ3v) is 5.22. The minimum atomic E-state index is 0.473. The summed E-state index contributed by atoms with van der Waals surface area (Å²) in [6.07, 6.45) is 4.32. The van der Waals surface area contributed by atoms with Gasteiger partial charge in [-0.2, -0.15) is 0 Å². The van der Waals surface area contributed by atoms with Crippen LogP contribution in [-0.4, -0.2) is 9.97 Å². The lowest BCUT2D eigenvalue weighted by molar-refractivity contribution is 0.0170. The summed E-state index contributed by atoms with van der Waals surface area (Å²) in [6.45, 7) is 4.81. The molecule has 1 fully saturated rings. The van der Waals surface area contributed by atoms with Gasteiger partial charge in [-0.05, 0) is 53.9 Å². The molecule has 2 heteroatoms. The summed E-state index contributed by atoms with van der Waals surface area (Å²) < 4.78 is 0. The Morgan fingerprint density at radius 3 is 2.74 bits per heavy atom. The zero-order valence-corrected chi connectivity index (χ0v) is 11.4. The van der Waals surface area contributed by atoms with Crippen molar-refractivity contribution in [2.45, 2.75) is 32.6 Å². The first-order valence-corrected chi connectivity index (χ1v) is 7.07. The Hall–Kier alpha value is -1.70. The van der Waals surface area contributed by atoms with Gasteiger partial charge < -0.3 is 0 Å². The van der Waals surface area contributed by atoms with Crippen molar-refractivity contribution in [3.63, 3.8) is 0 Å². The molecule has 2 aromatic rings. The van der Waals surface area contributed by atoms with Crippen LogP contribution in [0, 0.1) is 11.3 Å². The summed E-state index contributed by atoms with van der Waals surface area (Å²) in [4.78, 5) is 9.26. The molecule has 0 spiro atoms. The fraction of sp³-hybridized carbons (Fsp3) is 0.412. The van der Waals surface area contributed by atoms with E-state index in [9.17, 15) is 0 Å². The van der Waals surface area contributed by atoms with Gasteiger partial charge in [0.05, 0.1) is 11.4 Å². The van der Waals surface area contributed by atoms with Gasteiger partial charge in [0.25, 0.3) is 0 Å². The van der Waals surface area contributed by atoms with Gasteiger partial charge in [-0.3, -0.25) is 9.97 Å². The van der Waals surface area contributed by atoms with E-state index < -0.39 is 0 Å². The largest absolute Gasteiger partial charge is 0.255 e. The van der Waals surface area contributed by atoms with Crippen molar-refractivity contribution in [3.05, 3.63) is 47.8 Å². The van der Waals surface area contributed by atoms with E-state index in [-0.39, 0.29) is 0 Å². The molecule has 0 radical (unpaired) electrons. The highest BCUT2D eigenvalue weighted by Crippen LogP contribution is 2.61. The van der Waals surface area contributed by atoms with Crippen LogP contribution in [-0.2, 0) is 6.42 Å². The second-order valence-corrected chi connectivity index (χ2v) is 6.46. The van der Waals surface area contributed by atoms with Crippen LogP contribution in [0.1, 0.15) is 37.4 Å². The van der Waals surface area contributed by atoms with E-state index in [0.717, 1.165) is 23.7 Å². The highest BCUT2D eigenvalue weighted by molar-refractivity contribution is 5.55. The van der Waals surface area contributed by atoms with Crippen molar-refractivity contribution >= 4 is 0 Å². The van der Waals surface area contributed by atoms with Gasteiger partial charge in [0.2, 0.25) is 0 Å². The fourth-order valence-electron chi connectivity index (χ4n) is 3.77. The molecule has 96 valence electrons. The summed E-state index contributed by atoms with van der Waals surface area (Å²) in [6, 6.07) is 10.4. The van der Waals surface area contributed by atoms with Gasteiger partial charge in [-0.15, -0.1) is 0 Å². The first-order chi connectivity index (χ1) is 9.16. The molecule has 0 saturated heterocycles. The topological polar surface area (TPSA) is 25.8 Å². The Morgan fingerprint density at radius 2 is 2.00 bits per heavy atom. The van der Waals surface area contributed by atoms with Crippen molar-refractivity contribution in [1.29, 1.82) is 0 Å². The average molecular weight is 250 g/mol. The Labute approximate surface area is 113 Å². The summed E-state index contributed by atoms with van der Waals surface area (Å²) in [7, 11) is 0. The second-order valence-electron chi connectivity index (χ2n) is 6.46.